The van der Waals surface area contributed by atoms with E-state index in [9.17, 15) is 10.0 Å². The predicted octanol–water partition coefficient (Wildman–Crippen LogP) is 2.90. The first-order chi connectivity index (χ1) is 12.5. The summed E-state index contributed by atoms with van der Waals surface area (Å²) in [5.41, 5.74) is 1.90. The summed E-state index contributed by atoms with van der Waals surface area (Å²) in [6.07, 6.45) is 0. The molecule has 7 heteroatoms. The van der Waals surface area contributed by atoms with E-state index in [4.69, 9.17) is 19.1 Å². The number of furan rings is 1. The lowest BCUT2D eigenvalue weighted by atomic mass is 10.1. The number of nitrogens with one attached hydrogen (secondary N) is 1. The Bertz CT molecular complexity index is 931. The molecule has 1 unspecified atom stereocenters. The molecule has 7 nitrogen and oxygen atoms in total. The van der Waals surface area contributed by atoms with Crippen LogP contribution in [0.2, 0.25) is 0 Å². The number of esters is 1. The number of ether oxygens (including phenoxy) is 2. The maximum absolute atomic E-state index is 12.2. The first-order valence-corrected chi connectivity index (χ1v) is 8.15. The molecule has 0 radical (unpaired) electrons. The van der Waals surface area contributed by atoms with E-state index in [-0.39, 0.29) is 18.9 Å². The molecule has 0 spiro atoms. The summed E-state index contributed by atoms with van der Waals surface area (Å²) in [7, 11) is 0. The molecular weight excluding hydrogens is 338 g/mol. The molecule has 3 aromatic rings. The van der Waals surface area contributed by atoms with Crippen molar-refractivity contribution in [2.24, 2.45) is 0 Å². The minimum Gasteiger partial charge on any atom is -0.595 e. The minimum absolute atomic E-state index is 0.205. The van der Waals surface area contributed by atoms with Crippen LogP contribution in [0.4, 0.5) is 5.69 Å². The van der Waals surface area contributed by atoms with Crippen LogP contribution in [-0.2, 0) is 11.3 Å². The number of carbonyl (C=O) groups excluding carboxylic acids is 1. The summed E-state index contributed by atoms with van der Waals surface area (Å²) in [5, 5.41) is 19.7. The molecule has 1 heterocycles. The fourth-order valence-corrected chi connectivity index (χ4v) is 2.71. The number of fused-ring (bicyclic) bond motifs is 1. The molecule has 0 fully saturated rings. The fourth-order valence-electron chi connectivity index (χ4n) is 2.71. The number of aryl methyl sites for hydroxylation is 1. The van der Waals surface area contributed by atoms with Gasteiger partial charge in [0.05, 0.1) is 6.61 Å². The Kier molecular flexibility index (Phi) is 5.22. The Morgan fingerprint density at radius 3 is 2.81 bits per heavy atom. The van der Waals surface area contributed by atoms with Crippen molar-refractivity contribution in [3.63, 3.8) is 0 Å². The van der Waals surface area contributed by atoms with Crippen molar-refractivity contribution in [2.45, 2.75) is 20.5 Å². The number of quaternary nitrogens is 1. The van der Waals surface area contributed by atoms with E-state index in [0.29, 0.717) is 28.0 Å². The van der Waals surface area contributed by atoms with Gasteiger partial charge in [-0.15, -0.1) is 0 Å². The molecule has 0 aliphatic carbocycles. The van der Waals surface area contributed by atoms with E-state index in [1.165, 1.54) is 6.07 Å². The number of hydrogen-bond donors (Lipinski definition) is 2. The van der Waals surface area contributed by atoms with Gasteiger partial charge in [-0.25, -0.2) is 10.0 Å². The highest BCUT2D eigenvalue weighted by Gasteiger charge is 2.19. The zero-order chi connectivity index (χ0) is 18.7. The summed E-state index contributed by atoms with van der Waals surface area (Å²) in [6, 6.07) is 11.7. The Morgan fingerprint density at radius 2 is 2.08 bits per heavy atom. The van der Waals surface area contributed by atoms with E-state index in [1.807, 2.05) is 0 Å². The number of benzene rings is 2. The van der Waals surface area contributed by atoms with Gasteiger partial charge in [0.15, 0.2) is 5.69 Å². The van der Waals surface area contributed by atoms with Crippen LogP contribution in [-0.4, -0.2) is 17.8 Å². The molecule has 0 aliphatic heterocycles. The molecule has 0 amide bonds. The fraction of sp³-hybridized carbons (Fsp3) is 0.211. The van der Waals surface area contributed by atoms with E-state index in [1.54, 1.807) is 50.2 Å². The van der Waals surface area contributed by atoms with Gasteiger partial charge in [-0.3, -0.25) is 0 Å². The topological polar surface area (TPSA) is 96.4 Å². The molecule has 0 saturated heterocycles. The van der Waals surface area contributed by atoms with Crippen LogP contribution in [0.15, 0.2) is 46.9 Å². The number of hydrogen-bond acceptors (Lipinski definition) is 6. The SMILES string of the molecule is CCOC(=O)c1c(C)oc2ccc(OCc3cccc([NH+]([O-])O)c3)cc12. The molecule has 0 aliphatic rings. The predicted molar refractivity (Wildman–Crippen MR) is 93.5 cm³/mol. The first-order valence-electron chi connectivity index (χ1n) is 8.15. The summed E-state index contributed by atoms with van der Waals surface area (Å²) >= 11 is 0. The molecule has 1 aromatic heterocycles. The Labute approximate surface area is 149 Å². The third-order valence-electron chi connectivity index (χ3n) is 3.89. The summed E-state index contributed by atoms with van der Waals surface area (Å²) in [5.74, 6) is 0.601. The molecule has 26 heavy (non-hydrogen) atoms. The van der Waals surface area contributed by atoms with Crippen LogP contribution in [0.1, 0.15) is 28.6 Å². The zero-order valence-electron chi connectivity index (χ0n) is 14.4. The average molecular weight is 357 g/mol. The highest BCUT2D eigenvalue weighted by Crippen LogP contribution is 2.30. The van der Waals surface area contributed by atoms with Gasteiger partial charge >= 0.3 is 5.97 Å². The van der Waals surface area contributed by atoms with Crippen molar-refractivity contribution in [3.8, 4) is 5.75 Å². The van der Waals surface area contributed by atoms with Crippen molar-refractivity contribution in [1.82, 2.24) is 0 Å². The molecule has 3 rings (SSSR count). The molecule has 2 N–H and O–H groups in total. The zero-order valence-corrected chi connectivity index (χ0v) is 14.4. The Hall–Kier alpha value is -2.87. The molecule has 136 valence electrons. The third kappa shape index (κ3) is 3.70. The normalized spacial score (nSPS) is 12.2. The average Bonchev–Trinajstić information content (AvgIpc) is 2.95. The highest BCUT2D eigenvalue weighted by molar-refractivity contribution is 6.04. The van der Waals surface area contributed by atoms with Crippen molar-refractivity contribution in [2.75, 3.05) is 6.61 Å². The lowest BCUT2D eigenvalue weighted by Crippen LogP contribution is -2.99. The summed E-state index contributed by atoms with van der Waals surface area (Å²) in [6.45, 7) is 3.94. The van der Waals surface area contributed by atoms with Crippen LogP contribution >= 0.6 is 0 Å². The third-order valence-corrected chi connectivity index (χ3v) is 3.89. The van der Waals surface area contributed by atoms with Gasteiger partial charge in [0.25, 0.3) is 0 Å². The van der Waals surface area contributed by atoms with Gasteiger partial charge in [0, 0.05) is 17.5 Å². The van der Waals surface area contributed by atoms with Crippen molar-refractivity contribution in [1.29, 1.82) is 0 Å². The van der Waals surface area contributed by atoms with Crippen LogP contribution in [0.5, 0.6) is 5.75 Å². The Morgan fingerprint density at radius 1 is 1.27 bits per heavy atom. The van der Waals surface area contributed by atoms with Gasteiger partial charge in [-0.2, -0.15) is 5.23 Å². The quantitative estimate of drug-likeness (QED) is 0.520. The second kappa shape index (κ2) is 7.57. The largest absolute Gasteiger partial charge is 0.595 e. The number of rotatable bonds is 6. The van der Waals surface area contributed by atoms with Crippen LogP contribution in [0, 0.1) is 12.1 Å². The van der Waals surface area contributed by atoms with Gasteiger partial charge in [-0.1, -0.05) is 12.1 Å². The monoisotopic (exact) mass is 357 g/mol. The van der Waals surface area contributed by atoms with Crippen molar-refractivity contribution in [3.05, 3.63) is 64.6 Å². The minimum atomic E-state index is -0.985. The summed E-state index contributed by atoms with van der Waals surface area (Å²) in [4.78, 5) is 12.2. The van der Waals surface area contributed by atoms with Crippen LogP contribution < -0.4 is 9.96 Å². The summed E-state index contributed by atoms with van der Waals surface area (Å²) < 4.78 is 16.4. The molecule has 1 atom stereocenters. The Balaban J connectivity index is 1.84. The molecule has 0 bridgehead atoms. The lowest BCUT2D eigenvalue weighted by molar-refractivity contribution is -0.991. The second-order valence-electron chi connectivity index (χ2n) is 5.71. The van der Waals surface area contributed by atoms with E-state index < -0.39 is 11.2 Å². The molecule has 2 aromatic carbocycles. The highest BCUT2D eigenvalue weighted by atomic mass is 16.8. The van der Waals surface area contributed by atoms with E-state index in [2.05, 4.69) is 0 Å². The second-order valence-corrected chi connectivity index (χ2v) is 5.71. The van der Waals surface area contributed by atoms with Crippen LogP contribution in [0.3, 0.4) is 0 Å². The van der Waals surface area contributed by atoms with Gasteiger partial charge in [0.2, 0.25) is 0 Å². The maximum atomic E-state index is 12.2. The molecular formula is C19H19NO6. The van der Waals surface area contributed by atoms with Gasteiger partial charge < -0.3 is 19.1 Å². The van der Waals surface area contributed by atoms with Crippen molar-refractivity contribution >= 4 is 22.6 Å². The van der Waals surface area contributed by atoms with Crippen LogP contribution in [0.25, 0.3) is 11.0 Å². The van der Waals surface area contributed by atoms with Gasteiger partial charge in [0.1, 0.15) is 29.3 Å². The standard InChI is InChI=1S/C19H19NO6/c1-3-24-19(21)18-12(2)26-17-8-7-15(10-16(17)18)25-11-13-5-4-6-14(9-13)20(22)23/h4-10,20,22H,3,11H2,1-2H3. The van der Waals surface area contributed by atoms with Crippen molar-refractivity contribution < 1.29 is 29.1 Å². The lowest BCUT2D eigenvalue weighted by Gasteiger charge is -2.12. The van der Waals surface area contributed by atoms with Gasteiger partial charge in [-0.05, 0) is 37.6 Å². The number of carbonyl (C=O) groups is 1. The first kappa shape index (κ1) is 17.9. The van der Waals surface area contributed by atoms with E-state index >= 15 is 0 Å². The smallest absolute Gasteiger partial charge is 0.342 e. The van der Waals surface area contributed by atoms with E-state index in [0.717, 1.165) is 5.56 Å². The maximum Gasteiger partial charge on any atom is 0.342 e. The molecule has 0 saturated carbocycles.